The molecule has 0 bridgehead atoms. The molecule has 4 aliphatic rings. The second-order valence-electron chi connectivity index (χ2n) is 47.5. The van der Waals surface area contributed by atoms with Gasteiger partial charge in [0.05, 0.1) is 5.92 Å². The predicted octanol–water partition coefficient (Wildman–Crippen LogP) is 19.6. The van der Waals surface area contributed by atoms with E-state index in [0.717, 1.165) is 28.7 Å². The summed E-state index contributed by atoms with van der Waals surface area (Å²) < 4.78 is 5.63. The van der Waals surface area contributed by atoms with E-state index in [-0.39, 0.29) is 105 Å². The Labute approximate surface area is 881 Å². The Morgan fingerprint density at radius 1 is 0.333 bits per heavy atom. The van der Waals surface area contributed by atoms with Gasteiger partial charge in [-0.05, 0) is 266 Å². The van der Waals surface area contributed by atoms with Crippen LogP contribution in [0.15, 0.2) is 195 Å². The zero-order chi connectivity index (χ0) is 109. The maximum absolute atomic E-state index is 14.5. The molecule has 0 saturated carbocycles. The summed E-state index contributed by atoms with van der Waals surface area (Å²) in [5.41, 5.74) is 6.20. The Bertz CT molecular complexity index is 5630. The monoisotopic (exact) mass is 2050 g/mol. The van der Waals surface area contributed by atoms with E-state index in [0.29, 0.717) is 116 Å². The van der Waals surface area contributed by atoms with E-state index in [2.05, 4.69) is 124 Å². The average Bonchev–Trinajstić information content (AvgIpc) is 1.78. The number of rotatable bonds is 23. The number of likely N-dealkylation sites (tertiary alicyclic amines) is 4. The molecule has 0 radical (unpaired) electrons. The number of hydrogen-bond acceptors (Lipinski definition) is 17. The van der Waals surface area contributed by atoms with Gasteiger partial charge in [-0.2, -0.15) is 0 Å². The highest BCUT2D eigenvalue weighted by Gasteiger charge is 2.49. The number of anilines is 4. The van der Waals surface area contributed by atoms with Gasteiger partial charge in [0.15, 0.2) is 0 Å². The number of amides is 12. The maximum Gasteiger partial charge on any atom is 0.410 e. The van der Waals surface area contributed by atoms with Crippen LogP contribution in [0.1, 0.15) is 314 Å². The second-order valence-corrected chi connectivity index (χ2v) is 48.0. The molecular weight excluding hydrogens is 1900 g/mol. The fourth-order valence-corrected chi connectivity index (χ4v) is 18.4. The lowest BCUT2D eigenvalue weighted by Crippen LogP contribution is -2.54. The SMILES string of the molecule is CC(C)(C)NC(=O)C(c1cccnc1)N(C(=O)C1CCCN1C(=O)CCl)c1ccc(C(C)(C)C)cc1.CC(C)(C)NC(=O)C(c1cccnc1)N(C(=O)C1CCCN1C(=O)OC(C)(C)C)c1ccc(C(C)(C)C)cc1.CC(C)(C)NC(=O)C(c1cccnc1)N(C(=O)C1CCN(C(=O)CCl)C1)c1ccc(C(C)(C)C)cc1.CCC(=O)N1CCCC1C(=O)N(c1ccc(C(C)(C)C)cc1)C(C(=O)NC(C)(C)C)c1cccnc1. The van der Waals surface area contributed by atoms with Crippen LogP contribution in [0.25, 0.3) is 0 Å². The van der Waals surface area contributed by atoms with Gasteiger partial charge in [0.25, 0.3) is 17.7 Å². The quantitative estimate of drug-likeness (QED) is 0.0432. The number of hydrogen-bond donors (Lipinski definition) is 4. The molecule has 4 N–H and O–H groups in total. The summed E-state index contributed by atoms with van der Waals surface area (Å²) in [4.78, 5) is 192. The molecular formula is C116H158Cl2N16O13. The number of carbonyl (C=O) groups is 12. The van der Waals surface area contributed by atoms with Gasteiger partial charge in [0.1, 0.15) is 59.7 Å². The molecule has 12 amide bonds. The molecule has 8 unspecified atom stereocenters. The van der Waals surface area contributed by atoms with E-state index in [4.69, 9.17) is 27.9 Å². The van der Waals surface area contributed by atoms with Crippen molar-refractivity contribution in [2.24, 2.45) is 5.92 Å². The minimum absolute atomic E-state index is 0.0500. The van der Waals surface area contributed by atoms with Crippen molar-refractivity contribution in [2.75, 3.05) is 64.1 Å². The molecule has 4 fully saturated rings. The fraction of sp³-hybridized carbons (Fsp3) is 0.517. The third-order valence-corrected chi connectivity index (χ3v) is 25.8. The third-order valence-electron chi connectivity index (χ3n) is 25.3. The Morgan fingerprint density at radius 2 is 0.585 bits per heavy atom. The van der Waals surface area contributed by atoms with Crippen LogP contribution in [0.5, 0.6) is 0 Å². The van der Waals surface area contributed by atoms with Crippen molar-refractivity contribution < 1.29 is 62.3 Å². The zero-order valence-electron chi connectivity index (χ0n) is 91.6. The number of benzene rings is 4. The standard InChI is InChI=1S/C31H44N4O4.C29H40N4O3.2C28H37ClN4O3/c1-29(2,3)22-14-16-23(17-15-22)35(25(21-12-10-18-32-20-21)26(36)33-30(4,5)6)27(37)24-13-11-19-34(24)28(38)39-31(7,8)9;1-8-24(34)32-18-10-12-23(32)27(36)33(22-15-13-21(14-16-22)28(2,3)4)25(20-11-9-17-30-19-20)26(35)31-29(5,6)7;1-27(2,3)20-11-13-21(14-12-20)33(26(36)22-10-8-16-32(22)23(34)17-29)24(19-9-7-15-30-18-19)25(35)31-28(4,5)6;1-27(2,3)21-9-11-22(12-10-21)33(26(36)20-13-15-32(18-20)23(34)16-29)24(19-8-7-14-30-17-19)25(35)31-28(4,5)6/h10,12,14-18,20,24-25H,11,13,19H2,1-9H3,(H,33,36);9,11,13-17,19,23,25H,8,10,12,18H2,1-7H3,(H,31,35);7,9,11-15,18,22,24H,8,10,16-17H2,1-6H3,(H,31,35);7-12,14,17,20,24H,13,15-16,18H2,1-6H3,(H,31,35). The zero-order valence-corrected chi connectivity index (χ0v) is 93.1. The van der Waals surface area contributed by atoms with Crippen LogP contribution in [0.2, 0.25) is 0 Å². The highest BCUT2D eigenvalue weighted by Crippen LogP contribution is 2.42. The van der Waals surface area contributed by atoms with Gasteiger partial charge in [-0.15, -0.1) is 23.2 Å². The number of alkyl halides is 2. The smallest absolute Gasteiger partial charge is 0.410 e. The lowest BCUT2D eigenvalue weighted by molar-refractivity contribution is -0.138. The summed E-state index contributed by atoms with van der Waals surface area (Å²) >= 11 is 11.6. The number of carbonyl (C=O) groups excluding carboxylic acids is 12. The molecule has 8 atom stereocenters. The van der Waals surface area contributed by atoms with Gasteiger partial charge in [-0.25, -0.2) is 4.79 Å². The fourth-order valence-electron chi connectivity index (χ4n) is 18.1. The maximum atomic E-state index is 14.5. The molecule has 4 aromatic carbocycles. The van der Waals surface area contributed by atoms with E-state index in [1.54, 1.807) is 133 Å². The van der Waals surface area contributed by atoms with Crippen molar-refractivity contribution in [3.63, 3.8) is 0 Å². The van der Waals surface area contributed by atoms with Crippen molar-refractivity contribution in [3.05, 3.63) is 240 Å². The van der Waals surface area contributed by atoms with Crippen LogP contribution in [-0.2, 0) is 79.1 Å². The van der Waals surface area contributed by atoms with Crippen molar-refractivity contribution in [1.82, 2.24) is 60.8 Å². The van der Waals surface area contributed by atoms with Crippen LogP contribution in [0, 0.1) is 5.92 Å². The lowest BCUT2D eigenvalue weighted by Gasteiger charge is -2.37. The molecule has 0 spiro atoms. The van der Waals surface area contributed by atoms with Gasteiger partial charge in [0, 0.05) is 156 Å². The van der Waals surface area contributed by atoms with Crippen LogP contribution in [-0.4, -0.2) is 201 Å². The molecule has 8 heterocycles. The topological polar surface area (TPSA) is 340 Å². The number of nitrogens with one attached hydrogen (secondary N) is 4. The summed E-state index contributed by atoms with van der Waals surface area (Å²) in [6.07, 6.45) is 17.0. The summed E-state index contributed by atoms with van der Waals surface area (Å²) in [5.74, 6) is -3.63. The summed E-state index contributed by atoms with van der Waals surface area (Å²) in [6, 6.07) is 39.3. The highest BCUT2D eigenvalue weighted by atomic mass is 35.5. The van der Waals surface area contributed by atoms with Crippen LogP contribution in [0.3, 0.4) is 0 Å². The van der Waals surface area contributed by atoms with Crippen LogP contribution in [0.4, 0.5) is 27.5 Å². The number of aromatic nitrogens is 4. The van der Waals surface area contributed by atoms with Crippen molar-refractivity contribution in [1.29, 1.82) is 0 Å². The Balaban J connectivity index is 0.000000218. The first-order valence-electron chi connectivity index (χ1n) is 51.1. The highest BCUT2D eigenvalue weighted by molar-refractivity contribution is 6.28. The minimum Gasteiger partial charge on any atom is -0.444 e. The van der Waals surface area contributed by atoms with Crippen molar-refractivity contribution >= 4 is 117 Å². The number of ether oxygens (including phenoxy) is 1. The Morgan fingerprint density at radius 3 is 0.816 bits per heavy atom. The van der Waals surface area contributed by atoms with Gasteiger partial charge < -0.3 is 40.7 Å². The number of pyridine rings is 4. The normalized spacial score (nSPS) is 17.0. The van der Waals surface area contributed by atoms with Gasteiger partial charge in [0.2, 0.25) is 47.3 Å². The Kier molecular flexibility index (Phi) is 39.8. The first kappa shape index (κ1) is 118. The Hall–Kier alpha value is -12.5. The molecule has 12 rings (SSSR count). The molecule has 147 heavy (non-hydrogen) atoms. The molecule has 794 valence electrons. The van der Waals surface area contributed by atoms with E-state index in [9.17, 15) is 57.5 Å². The van der Waals surface area contributed by atoms with E-state index < -0.39 is 82.1 Å². The summed E-state index contributed by atoms with van der Waals surface area (Å²) in [5, 5.41) is 12.2. The molecule has 4 aliphatic heterocycles. The van der Waals surface area contributed by atoms with Crippen LogP contribution >= 0.6 is 23.2 Å². The molecule has 31 heteroatoms. The van der Waals surface area contributed by atoms with Crippen molar-refractivity contribution in [2.45, 2.75) is 337 Å². The largest absolute Gasteiger partial charge is 0.444 e. The molecule has 4 saturated heterocycles. The van der Waals surface area contributed by atoms with Crippen molar-refractivity contribution in [3.8, 4) is 0 Å². The van der Waals surface area contributed by atoms with Crippen LogP contribution < -0.4 is 40.9 Å². The summed E-state index contributed by atoms with van der Waals surface area (Å²) in [7, 11) is 0. The first-order valence-corrected chi connectivity index (χ1v) is 52.1. The second kappa shape index (κ2) is 49.5. The van der Waals surface area contributed by atoms with E-state index in [1.807, 2.05) is 192 Å². The first-order chi connectivity index (χ1) is 68.5. The molecule has 0 aliphatic carbocycles. The third kappa shape index (κ3) is 32.7. The minimum atomic E-state index is -0.994. The van der Waals surface area contributed by atoms with Gasteiger partial charge >= 0.3 is 6.09 Å². The lowest BCUT2D eigenvalue weighted by atomic mass is 9.87. The predicted molar refractivity (Wildman–Crippen MR) is 582 cm³/mol. The average molecular weight is 2060 g/mol. The molecule has 29 nitrogen and oxygen atoms in total. The number of halogens is 2. The van der Waals surface area contributed by atoms with Gasteiger partial charge in [-0.3, -0.25) is 97.2 Å². The summed E-state index contributed by atoms with van der Waals surface area (Å²) in [6.45, 7) is 57.7. The molecule has 8 aromatic rings. The van der Waals surface area contributed by atoms with E-state index in [1.165, 1.54) is 19.6 Å². The van der Waals surface area contributed by atoms with Gasteiger partial charge in [-0.1, -0.05) is 163 Å². The molecule has 4 aromatic heterocycles. The number of nitrogens with zero attached hydrogens (tertiary/aromatic N) is 12. The van der Waals surface area contributed by atoms with E-state index >= 15 is 0 Å².